The zero-order valence-electron chi connectivity index (χ0n) is 12.1. The molecule has 0 spiro atoms. The molecule has 1 aromatic carbocycles. The molecule has 1 aliphatic rings. The molecule has 21 heavy (non-hydrogen) atoms. The molecule has 0 saturated heterocycles. The van der Waals surface area contributed by atoms with Crippen molar-refractivity contribution in [1.29, 1.82) is 0 Å². The van der Waals surface area contributed by atoms with Crippen molar-refractivity contribution in [3.63, 3.8) is 0 Å². The Kier molecular flexibility index (Phi) is 4.94. The van der Waals surface area contributed by atoms with E-state index in [1.807, 2.05) is 0 Å². The molecule has 2 unspecified atom stereocenters. The summed E-state index contributed by atoms with van der Waals surface area (Å²) >= 11 is 0. The summed E-state index contributed by atoms with van der Waals surface area (Å²) in [5.41, 5.74) is 0.471. The van der Waals surface area contributed by atoms with Crippen LogP contribution in [0.1, 0.15) is 31.2 Å². The van der Waals surface area contributed by atoms with E-state index >= 15 is 0 Å². The molecule has 1 aliphatic carbocycles. The molecular formula is C16H20FNO3. The summed E-state index contributed by atoms with van der Waals surface area (Å²) in [6.45, 7) is 0.208. The van der Waals surface area contributed by atoms with E-state index in [-0.39, 0.29) is 24.2 Å². The van der Waals surface area contributed by atoms with Crippen LogP contribution in [0.4, 0.5) is 4.39 Å². The van der Waals surface area contributed by atoms with Crippen molar-refractivity contribution in [3.8, 4) is 0 Å². The molecule has 5 heteroatoms. The highest BCUT2D eigenvalue weighted by Crippen LogP contribution is 2.30. The van der Waals surface area contributed by atoms with Gasteiger partial charge in [-0.15, -0.1) is 0 Å². The van der Waals surface area contributed by atoms with Gasteiger partial charge in [-0.2, -0.15) is 0 Å². The topological polar surface area (TPSA) is 57.6 Å². The van der Waals surface area contributed by atoms with E-state index in [1.54, 1.807) is 25.2 Å². The van der Waals surface area contributed by atoms with Crippen LogP contribution < -0.4 is 0 Å². The molecule has 4 nitrogen and oxygen atoms in total. The summed E-state index contributed by atoms with van der Waals surface area (Å²) in [5.74, 6) is -1.95. The predicted octanol–water partition coefficient (Wildman–Crippen LogP) is 2.68. The van der Waals surface area contributed by atoms with Gasteiger partial charge in [0.05, 0.1) is 5.92 Å². The van der Waals surface area contributed by atoms with Gasteiger partial charge in [-0.3, -0.25) is 9.59 Å². The van der Waals surface area contributed by atoms with Crippen molar-refractivity contribution in [3.05, 3.63) is 35.6 Å². The number of carbonyl (C=O) groups is 2. The first kappa shape index (κ1) is 15.5. The van der Waals surface area contributed by atoms with E-state index in [0.717, 1.165) is 6.42 Å². The van der Waals surface area contributed by atoms with Gasteiger partial charge in [-0.05, 0) is 25.3 Å². The lowest BCUT2D eigenvalue weighted by atomic mass is 9.81. The average molecular weight is 293 g/mol. The number of hydrogen-bond acceptors (Lipinski definition) is 2. The van der Waals surface area contributed by atoms with Crippen molar-refractivity contribution in [2.75, 3.05) is 7.05 Å². The number of halogens is 1. The Bertz CT molecular complexity index is 532. The van der Waals surface area contributed by atoms with Gasteiger partial charge < -0.3 is 10.0 Å². The number of nitrogens with zero attached hydrogens (tertiary/aromatic N) is 1. The number of carbonyl (C=O) groups excluding carboxylic acids is 1. The largest absolute Gasteiger partial charge is 0.481 e. The third-order valence-electron chi connectivity index (χ3n) is 4.11. The smallest absolute Gasteiger partial charge is 0.306 e. The van der Waals surface area contributed by atoms with Crippen LogP contribution in [-0.2, 0) is 16.1 Å². The number of rotatable bonds is 4. The lowest BCUT2D eigenvalue weighted by Gasteiger charge is -2.29. The molecule has 1 aromatic rings. The number of hydrogen-bond donors (Lipinski definition) is 1. The molecule has 1 amide bonds. The zero-order valence-corrected chi connectivity index (χ0v) is 12.1. The number of aliphatic carboxylic acids is 1. The van der Waals surface area contributed by atoms with Crippen molar-refractivity contribution >= 4 is 11.9 Å². The Labute approximate surface area is 123 Å². The van der Waals surface area contributed by atoms with Gasteiger partial charge in [0, 0.05) is 25.1 Å². The highest BCUT2D eigenvalue weighted by Gasteiger charge is 2.32. The summed E-state index contributed by atoms with van der Waals surface area (Å²) < 4.78 is 13.6. The minimum absolute atomic E-state index is 0.0933. The first-order valence-corrected chi connectivity index (χ1v) is 7.20. The lowest BCUT2D eigenvalue weighted by molar-refractivity contribution is -0.145. The first-order valence-electron chi connectivity index (χ1n) is 7.20. The average Bonchev–Trinajstić information content (AvgIpc) is 2.49. The van der Waals surface area contributed by atoms with E-state index in [0.29, 0.717) is 24.8 Å². The van der Waals surface area contributed by atoms with E-state index in [9.17, 15) is 14.0 Å². The van der Waals surface area contributed by atoms with Crippen LogP contribution in [0, 0.1) is 17.7 Å². The molecule has 0 bridgehead atoms. The van der Waals surface area contributed by atoms with Gasteiger partial charge in [-0.25, -0.2) is 4.39 Å². The van der Waals surface area contributed by atoms with Gasteiger partial charge in [0.1, 0.15) is 5.82 Å². The number of carboxylic acid groups (broad SMARTS) is 1. The Morgan fingerprint density at radius 3 is 2.62 bits per heavy atom. The van der Waals surface area contributed by atoms with Crippen LogP contribution in [0.5, 0.6) is 0 Å². The third kappa shape index (κ3) is 3.80. The highest BCUT2D eigenvalue weighted by molar-refractivity contribution is 5.80. The van der Waals surface area contributed by atoms with Gasteiger partial charge >= 0.3 is 5.97 Å². The third-order valence-corrected chi connectivity index (χ3v) is 4.11. The normalized spacial score (nSPS) is 21.8. The molecule has 0 radical (unpaired) electrons. The van der Waals surface area contributed by atoms with Gasteiger partial charge in [0.15, 0.2) is 0 Å². The van der Waals surface area contributed by atoms with Crippen LogP contribution in [0.2, 0.25) is 0 Å². The second-order valence-electron chi connectivity index (χ2n) is 5.68. The molecular weight excluding hydrogens is 273 g/mol. The molecule has 2 rings (SSSR count). The Balaban J connectivity index is 1.99. The monoisotopic (exact) mass is 293 g/mol. The number of carboxylic acids is 1. The van der Waals surface area contributed by atoms with Crippen LogP contribution in [0.3, 0.4) is 0 Å². The molecule has 2 atom stereocenters. The highest BCUT2D eigenvalue weighted by atomic mass is 19.1. The minimum atomic E-state index is -0.829. The summed E-state index contributed by atoms with van der Waals surface area (Å²) in [6.07, 6.45) is 2.48. The van der Waals surface area contributed by atoms with Crippen molar-refractivity contribution in [2.45, 2.75) is 32.2 Å². The molecule has 1 N–H and O–H groups in total. The van der Waals surface area contributed by atoms with E-state index < -0.39 is 11.9 Å². The van der Waals surface area contributed by atoms with Gasteiger partial charge in [0.25, 0.3) is 0 Å². The maximum Gasteiger partial charge on any atom is 0.306 e. The quantitative estimate of drug-likeness (QED) is 0.928. The van der Waals surface area contributed by atoms with Crippen molar-refractivity contribution in [2.24, 2.45) is 11.8 Å². The zero-order chi connectivity index (χ0) is 15.4. The molecule has 114 valence electrons. The molecule has 1 saturated carbocycles. The fourth-order valence-electron chi connectivity index (χ4n) is 2.91. The van der Waals surface area contributed by atoms with E-state index in [2.05, 4.69) is 0 Å². The molecule has 0 aliphatic heterocycles. The Morgan fingerprint density at radius 2 is 1.95 bits per heavy atom. The van der Waals surface area contributed by atoms with E-state index in [4.69, 9.17) is 5.11 Å². The van der Waals surface area contributed by atoms with Crippen LogP contribution >= 0.6 is 0 Å². The van der Waals surface area contributed by atoms with Crippen LogP contribution in [0.25, 0.3) is 0 Å². The maximum atomic E-state index is 13.6. The molecule has 0 aromatic heterocycles. The van der Waals surface area contributed by atoms with Gasteiger partial charge in [0.2, 0.25) is 5.91 Å². The second kappa shape index (κ2) is 6.70. The fourth-order valence-corrected chi connectivity index (χ4v) is 2.91. The number of benzene rings is 1. The summed E-state index contributed by atoms with van der Waals surface area (Å²) in [5, 5.41) is 9.07. The SMILES string of the molecule is CN(Cc1ccccc1F)C(=O)C1CCCC(C(=O)O)C1. The molecule has 1 fully saturated rings. The maximum absolute atomic E-state index is 13.6. The van der Waals surface area contributed by atoms with Crippen molar-refractivity contribution in [1.82, 2.24) is 4.90 Å². The first-order chi connectivity index (χ1) is 9.99. The summed E-state index contributed by atoms with van der Waals surface area (Å²) in [6, 6.07) is 6.37. The minimum Gasteiger partial charge on any atom is -0.481 e. The van der Waals surface area contributed by atoms with Crippen molar-refractivity contribution < 1.29 is 19.1 Å². The van der Waals surface area contributed by atoms with Crippen LogP contribution in [0.15, 0.2) is 24.3 Å². The van der Waals surface area contributed by atoms with E-state index in [1.165, 1.54) is 11.0 Å². The molecule has 0 heterocycles. The predicted molar refractivity (Wildman–Crippen MR) is 76.0 cm³/mol. The number of amides is 1. The lowest BCUT2D eigenvalue weighted by Crippen LogP contribution is -2.36. The summed E-state index contributed by atoms with van der Waals surface area (Å²) in [7, 11) is 1.64. The second-order valence-corrected chi connectivity index (χ2v) is 5.68. The Morgan fingerprint density at radius 1 is 1.29 bits per heavy atom. The van der Waals surface area contributed by atoms with Crippen LogP contribution in [-0.4, -0.2) is 28.9 Å². The fraction of sp³-hybridized carbons (Fsp3) is 0.500. The summed E-state index contributed by atoms with van der Waals surface area (Å²) in [4.78, 5) is 24.9. The standard InChI is InChI=1S/C16H20FNO3/c1-18(10-13-5-2-3-8-14(13)17)15(19)11-6-4-7-12(9-11)16(20)21/h2-3,5,8,11-12H,4,6-7,9-10H2,1H3,(H,20,21). The Hall–Kier alpha value is -1.91. The van der Waals surface area contributed by atoms with Gasteiger partial charge in [-0.1, -0.05) is 24.6 Å².